The molecular weight excluding hydrogens is 192 g/mol. The highest BCUT2D eigenvalue weighted by atomic mass is 16.3. The van der Waals surface area contributed by atoms with Gasteiger partial charge in [0.2, 0.25) is 0 Å². The molecule has 0 aliphatic heterocycles. The molecule has 0 atom stereocenters. The molecule has 80 valence electrons. The van der Waals surface area contributed by atoms with Crippen LogP contribution in [0.2, 0.25) is 0 Å². The summed E-state index contributed by atoms with van der Waals surface area (Å²) in [7, 11) is 0. The second-order valence-electron chi connectivity index (χ2n) is 3.41. The molecule has 15 heavy (non-hydrogen) atoms. The molecule has 0 aliphatic rings. The summed E-state index contributed by atoms with van der Waals surface area (Å²) in [6.45, 7) is 2.69. The van der Waals surface area contributed by atoms with Crippen LogP contribution in [0.1, 0.15) is 24.8 Å². The first-order valence-corrected chi connectivity index (χ1v) is 5.01. The third-order valence-corrected chi connectivity index (χ3v) is 2.24. The van der Waals surface area contributed by atoms with Gasteiger partial charge in [-0.2, -0.15) is 0 Å². The normalized spacial score (nSPS) is 10.7. The standard InChI is InChI=1S/C10H14N4O/c1-2-4-9-10(11)12-13-14(9)7-8-5-3-6-15-8/h3,5-6H,2,4,7,11H2,1H3. The summed E-state index contributed by atoms with van der Waals surface area (Å²) in [5.74, 6) is 1.38. The highest BCUT2D eigenvalue weighted by molar-refractivity contribution is 5.33. The zero-order chi connectivity index (χ0) is 10.7. The Morgan fingerprint density at radius 3 is 3.07 bits per heavy atom. The van der Waals surface area contributed by atoms with Crippen LogP contribution in [0.25, 0.3) is 0 Å². The molecule has 0 aromatic carbocycles. The predicted molar refractivity (Wildman–Crippen MR) is 56.2 cm³/mol. The Kier molecular flexibility index (Phi) is 2.71. The molecule has 0 amide bonds. The fourth-order valence-electron chi connectivity index (χ4n) is 1.52. The molecule has 2 aromatic rings. The molecule has 0 spiro atoms. The first-order chi connectivity index (χ1) is 7.31. The topological polar surface area (TPSA) is 69.9 Å². The van der Waals surface area contributed by atoms with Crippen molar-refractivity contribution in [1.29, 1.82) is 0 Å². The number of hydrogen-bond acceptors (Lipinski definition) is 4. The molecule has 5 nitrogen and oxygen atoms in total. The summed E-state index contributed by atoms with van der Waals surface area (Å²) in [6, 6.07) is 3.77. The van der Waals surface area contributed by atoms with Gasteiger partial charge in [-0.05, 0) is 18.6 Å². The Morgan fingerprint density at radius 1 is 1.53 bits per heavy atom. The number of hydrogen-bond donors (Lipinski definition) is 1. The van der Waals surface area contributed by atoms with E-state index in [1.54, 1.807) is 10.9 Å². The van der Waals surface area contributed by atoms with Gasteiger partial charge in [0, 0.05) is 0 Å². The van der Waals surface area contributed by atoms with Crippen molar-refractivity contribution in [3.05, 3.63) is 29.9 Å². The fourth-order valence-corrected chi connectivity index (χ4v) is 1.52. The maximum Gasteiger partial charge on any atom is 0.169 e. The summed E-state index contributed by atoms with van der Waals surface area (Å²) < 4.78 is 7.04. The largest absolute Gasteiger partial charge is 0.467 e. The molecule has 0 radical (unpaired) electrons. The van der Waals surface area contributed by atoms with Gasteiger partial charge in [0.1, 0.15) is 12.3 Å². The van der Waals surface area contributed by atoms with Gasteiger partial charge in [-0.25, -0.2) is 4.68 Å². The van der Waals surface area contributed by atoms with Gasteiger partial charge in [0.15, 0.2) is 5.82 Å². The average molecular weight is 206 g/mol. The van der Waals surface area contributed by atoms with Crippen LogP contribution in [-0.2, 0) is 13.0 Å². The minimum absolute atomic E-state index is 0.517. The van der Waals surface area contributed by atoms with Crippen LogP contribution >= 0.6 is 0 Å². The minimum Gasteiger partial charge on any atom is -0.467 e. The van der Waals surface area contributed by atoms with Gasteiger partial charge in [-0.15, -0.1) is 5.10 Å². The lowest BCUT2D eigenvalue weighted by molar-refractivity contribution is 0.468. The van der Waals surface area contributed by atoms with Crippen LogP contribution in [0.5, 0.6) is 0 Å². The summed E-state index contributed by atoms with van der Waals surface area (Å²) in [4.78, 5) is 0. The average Bonchev–Trinajstić information content (AvgIpc) is 2.83. The van der Waals surface area contributed by atoms with Crippen molar-refractivity contribution >= 4 is 5.82 Å². The Bertz CT molecular complexity index is 419. The van der Waals surface area contributed by atoms with E-state index in [-0.39, 0.29) is 0 Å². The lowest BCUT2D eigenvalue weighted by Crippen LogP contribution is -2.06. The molecule has 0 fully saturated rings. The Labute approximate surface area is 87.9 Å². The van der Waals surface area contributed by atoms with Crippen LogP contribution in [0.15, 0.2) is 22.8 Å². The molecule has 0 bridgehead atoms. The third kappa shape index (κ3) is 2.01. The predicted octanol–water partition coefficient (Wildman–Crippen LogP) is 1.45. The van der Waals surface area contributed by atoms with Gasteiger partial charge in [-0.1, -0.05) is 18.6 Å². The van der Waals surface area contributed by atoms with E-state index in [2.05, 4.69) is 17.2 Å². The van der Waals surface area contributed by atoms with Crippen LogP contribution in [0, 0.1) is 0 Å². The molecule has 0 saturated heterocycles. The fraction of sp³-hybridized carbons (Fsp3) is 0.400. The van der Waals surface area contributed by atoms with Gasteiger partial charge in [0.05, 0.1) is 12.0 Å². The van der Waals surface area contributed by atoms with Gasteiger partial charge < -0.3 is 10.2 Å². The van der Waals surface area contributed by atoms with E-state index in [9.17, 15) is 0 Å². The zero-order valence-corrected chi connectivity index (χ0v) is 8.68. The number of rotatable bonds is 4. The number of furan rings is 1. The van der Waals surface area contributed by atoms with Crippen LogP contribution < -0.4 is 5.73 Å². The Morgan fingerprint density at radius 2 is 2.40 bits per heavy atom. The summed E-state index contributed by atoms with van der Waals surface area (Å²) in [5.41, 5.74) is 6.71. The summed E-state index contributed by atoms with van der Waals surface area (Å²) in [6.07, 6.45) is 3.56. The second-order valence-corrected chi connectivity index (χ2v) is 3.41. The van der Waals surface area contributed by atoms with Crippen LogP contribution in [-0.4, -0.2) is 15.0 Å². The van der Waals surface area contributed by atoms with E-state index in [0.717, 1.165) is 24.3 Å². The Balaban J connectivity index is 2.21. The van der Waals surface area contributed by atoms with Crippen molar-refractivity contribution in [2.24, 2.45) is 0 Å². The van der Waals surface area contributed by atoms with Crippen molar-refractivity contribution < 1.29 is 4.42 Å². The highest BCUT2D eigenvalue weighted by Crippen LogP contribution is 2.12. The molecule has 2 heterocycles. The maximum atomic E-state index is 5.73. The van der Waals surface area contributed by atoms with Crippen molar-refractivity contribution in [2.45, 2.75) is 26.3 Å². The second kappa shape index (κ2) is 4.16. The van der Waals surface area contributed by atoms with E-state index in [1.165, 1.54) is 0 Å². The van der Waals surface area contributed by atoms with Crippen molar-refractivity contribution in [3.8, 4) is 0 Å². The minimum atomic E-state index is 0.517. The van der Waals surface area contributed by atoms with Gasteiger partial charge in [0.25, 0.3) is 0 Å². The molecule has 0 aliphatic carbocycles. The highest BCUT2D eigenvalue weighted by Gasteiger charge is 2.10. The number of aromatic nitrogens is 3. The molecule has 5 heteroatoms. The first-order valence-electron chi connectivity index (χ1n) is 5.01. The Hall–Kier alpha value is -1.78. The molecule has 0 unspecified atom stereocenters. The lowest BCUT2D eigenvalue weighted by Gasteiger charge is -2.03. The molecule has 2 aromatic heterocycles. The van der Waals surface area contributed by atoms with Crippen molar-refractivity contribution in [3.63, 3.8) is 0 Å². The number of nitrogens with zero attached hydrogens (tertiary/aromatic N) is 3. The third-order valence-electron chi connectivity index (χ3n) is 2.24. The SMILES string of the molecule is CCCc1c(N)nnn1Cc1ccco1. The maximum absolute atomic E-state index is 5.73. The van der Waals surface area contributed by atoms with Crippen LogP contribution in [0.3, 0.4) is 0 Å². The van der Waals surface area contributed by atoms with Crippen LogP contribution in [0.4, 0.5) is 5.82 Å². The number of nitrogen functional groups attached to an aromatic ring is 1. The van der Waals surface area contributed by atoms with E-state index in [0.29, 0.717) is 12.4 Å². The van der Waals surface area contributed by atoms with Gasteiger partial charge >= 0.3 is 0 Å². The zero-order valence-electron chi connectivity index (χ0n) is 8.68. The molecule has 2 N–H and O–H groups in total. The smallest absolute Gasteiger partial charge is 0.169 e. The molecule has 0 saturated carbocycles. The number of anilines is 1. The first kappa shape index (κ1) is 9.76. The molecular formula is C10H14N4O. The molecule has 2 rings (SSSR count). The summed E-state index contributed by atoms with van der Waals surface area (Å²) >= 11 is 0. The van der Waals surface area contributed by atoms with E-state index >= 15 is 0 Å². The summed E-state index contributed by atoms with van der Waals surface area (Å²) in [5, 5.41) is 7.86. The lowest BCUT2D eigenvalue weighted by atomic mass is 10.2. The van der Waals surface area contributed by atoms with Crippen molar-refractivity contribution in [1.82, 2.24) is 15.0 Å². The van der Waals surface area contributed by atoms with Crippen molar-refractivity contribution in [2.75, 3.05) is 5.73 Å². The quantitative estimate of drug-likeness (QED) is 0.822. The van der Waals surface area contributed by atoms with E-state index < -0.39 is 0 Å². The monoisotopic (exact) mass is 206 g/mol. The number of nitrogens with two attached hydrogens (primary N) is 1. The van der Waals surface area contributed by atoms with Gasteiger partial charge in [-0.3, -0.25) is 0 Å². The van der Waals surface area contributed by atoms with E-state index in [4.69, 9.17) is 10.2 Å². The van der Waals surface area contributed by atoms with E-state index in [1.807, 2.05) is 12.1 Å².